The van der Waals surface area contributed by atoms with Crippen molar-refractivity contribution in [2.45, 2.75) is 10.8 Å². The summed E-state index contributed by atoms with van der Waals surface area (Å²) < 4.78 is 27.8. The molecule has 1 saturated heterocycles. The zero-order valence-corrected chi connectivity index (χ0v) is 22.1. The molecule has 7 nitrogen and oxygen atoms in total. The molecule has 0 saturated carbocycles. The van der Waals surface area contributed by atoms with E-state index in [4.69, 9.17) is 34.8 Å². The summed E-state index contributed by atoms with van der Waals surface area (Å²) in [6.07, 6.45) is 0. The monoisotopic (exact) mass is 571 g/mol. The van der Waals surface area contributed by atoms with Crippen LogP contribution in [0.2, 0.25) is 15.1 Å². The van der Waals surface area contributed by atoms with E-state index in [1.807, 2.05) is 0 Å². The second-order valence-corrected chi connectivity index (χ2v) is 12.3. The Labute approximate surface area is 222 Å². The van der Waals surface area contributed by atoms with Crippen molar-refractivity contribution in [2.75, 3.05) is 26.2 Å². The number of carbonyl (C=O) groups is 2. The van der Waals surface area contributed by atoms with Crippen molar-refractivity contribution < 1.29 is 18.0 Å². The van der Waals surface area contributed by atoms with E-state index in [2.05, 4.69) is 5.32 Å². The number of hydrogen-bond donors (Lipinski definition) is 1. The van der Waals surface area contributed by atoms with E-state index in [1.165, 1.54) is 10.4 Å². The van der Waals surface area contributed by atoms with Crippen molar-refractivity contribution in [3.63, 3.8) is 0 Å². The minimum Gasteiger partial charge on any atom is -0.347 e. The molecule has 0 bridgehead atoms. The number of sulfonamides is 1. The van der Waals surface area contributed by atoms with Gasteiger partial charge in [-0.25, -0.2) is 8.42 Å². The summed E-state index contributed by atoms with van der Waals surface area (Å²) in [4.78, 5) is 27.4. The van der Waals surface area contributed by atoms with Gasteiger partial charge in [-0.15, -0.1) is 11.3 Å². The van der Waals surface area contributed by atoms with E-state index in [1.54, 1.807) is 53.4 Å². The SMILES string of the molecule is O=C(NCc1ccc(S(=O)(=O)N2CCN(C(=O)c3c(Cl)cccc3Cl)CC2)s1)c1ccc(Cl)cc1. The maximum Gasteiger partial charge on any atom is 0.256 e. The molecule has 0 atom stereocenters. The number of hydrogen-bond acceptors (Lipinski definition) is 5. The van der Waals surface area contributed by atoms with Gasteiger partial charge in [0.1, 0.15) is 4.21 Å². The number of nitrogens with one attached hydrogen (secondary N) is 1. The Morgan fingerprint density at radius 1 is 0.886 bits per heavy atom. The molecule has 1 aliphatic rings. The Morgan fingerprint density at radius 2 is 1.51 bits per heavy atom. The van der Waals surface area contributed by atoms with Gasteiger partial charge in [-0.2, -0.15) is 4.31 Å². The Hall–Kier alpha value is -2.14. The molecule has 1 aliphatic heterocycles. The van der Waals surface area contributed by atoms with Crippen molar-refractivity contribution >= 4 is 68.0 Å². The van der Waals surface area contributed by atoms with Crippen molar-refractivity contribution in [1.82, 2.24) is 14.5 Å². The summed E-state index contributed by atoms with van der Waals surface area (Å²) in [5.41, 5.74) is 0.681. The van der Waals surface area contributed by atoms with E-state index in [-0.39, 0.29) is 64.4 Å². The van der Waals surface area contributed by atoms with Gasteiger partial charge in [0.15, 0.2) is 0 Å². The quantitative estimate of drug-likeness (QED) is 0.460. The van der Waals surface area contributed by atoms with E-state index >= 15 is 0 Å². The van der Waals surface area contributed by atoms with Gasteiger partial charge in [0.2, 0.25) is 0 Å². The fourth-order valence-electron chi connectivity index (χ4n) is 3.58. The topological polar surface area (TPSA) is 86.8 Å². The lowest BCUT2D eigenvalue weighted by molar-refractivity contribution is 0.0698. The van der Waals surface area contributed by atoms with Crippen LogP contribution >= 0.6 is 46.1 Å². The highest BCUT2D eigenvalue weighted by Gasteiger charge is 2.32. The predicted octanol–water partition coefficient (Wildman–Crippen LogP) is 4.79. The number of benzene rings is 2. The number of amides is 2. The van der Waals surface area contributed by atoms with Crippen molar-refractivity contribution in [3.8, 4) is 0 Å². The smallest absolute Gasteiger partial charge is 0.256 e. The third-order valence-electron chi connectivity index (χ3n) is 5.46. The first-order chi connectivity index (χ1) is 16.7. The number of thiophene rings is 1. The number of carbonyl (C=O) groups excluding carboxylic acids is 2. The van der Waals surface area contributed by atoms with Gasteiger partial charge in [-0.3, -0.25) is 9.59 Å². The lowest BCUT2D eigenvalue weighted by atomic mass is 10.2. The summed E-state index contributed by atoms with van der Waals surface area (Å²) in [5, 5.41) is 3.82. The van der Waals surface area contributed by atoms with Gasteiger partial charge in [0.25, 0.3) is 21.8 Å². The fourth-order valence-corrected chi connectivity index (χ4v) is 7.14. The third-order valence-corrected chi connectivity index (χ3v) is 9.80. The molecule has 0 aliphatic carbocycles. The zero-order chi connectivity index (χ0) is 25.2. The van der Waals surface area contributed by atoms with Crippen molar-refractivity contribution in [1.29, 1.82) is 0 Å². The third kappa shape index (κ3) is 5.82. The molecule has 2 amide bonds. The van der Waals surface area contributed by atoms with Gasteiger partial charge in [0, 0.05) is 41.6 Å². The number of rotatable bonds is 6. The van der Waals surface area contributed by atoms with Crippen LogP contribution in [-0.2, 0) is 16.6 Å². The van der Waals surface area contributed by atoms with Crippen LogP contribution in [0.1, 0.15) is 25.6 Å². The minimum atomic E-state index is -3.73. The van der Waals surface area contributed by atoms with Crippen LogP contribution in [0.4, 0.5) is 0 Å². The molecule has 0 spiro atoms. The number of halogens is 3. The maximum absolute atomic E-state index is 13.1. The molecule has 0 unspecified atom stereocenters. The molecule has 2 heterocycles. The molecular formula is C23H20Cl3N3O4S2. The molecule has 3 aromatic rings. The predicted molar refractivity (Wildman–Crippen MR) is 138 cm³/mol. The van der Waals surface area contributed by atoms with E-state index in [0.717, 1.165) is 11.3 Å². The van der Waals surface area contributed by atoms with Gasteiger partial charge in [-0.05, 0) is 48.5 Å². The highest BCUT2D eigenvalue weighted by atomic mass is 35.5. The average molecular weight is 573 g/mol. The molecule has 2 aromatic carbocycles. The van der Waals surface area contributed by atoms with Gasteiger partial charge >= 0.3 is 0 Å². The lowest BCUT2D eigenvalue weighted by Crippen LogP contribution is -2.50. The summed E-state index contributed by atoms with van der Waals surface area (Å²) in [6, 6.07) is 14.5. The molecule has 0 radical (unpaired) electrons. The van der Waals surface area contributed by atoms with Crippen LogP contribution in [0.3, 0.4) is 0 Å². The Kier molecular flexibility index (Phi) is 8.05. The highest BCUT2D eigenvalue weighted by molar-refractivity contribution is 7.91. The number of piperazine rings is 1. The summed E-state index contributed by atoms with van der Waals surface area (Å²) in [6.45, 7) is 0.930. The van der Waals surface area contributed by atoms with Crippen LogP contribution in [-0.4, -0.2) is 55.6 Å². The Bertz CT molecular complexity index is 1330. The first-order valence-corrected chi connectivity index (χ1v) is 13.9. The van der Waals surface area contributed by atoms with Crippen molar-refractivity contribution in [2.24, 2.45) is 0 Å². The Balaban J connectivity index is 1.36. The first kappa shape index (κ1) is 25.9. The summed E-state index contributed by atoms with van der Waals surface area (Å²) in [7, 11) is -3.73. The van der Waals surface area contributed by atoms with E-state index < -0.39 is 10.0 Å². The second kappa shape index (κ2) is 10.9. The minimum absolute atomic E-state index is 0.149. The van der Waals surface area contributed by atoms with Gasteiger partial charge in [0.05, 0.1) is 22.2 Å². The molecular weight excluding hydrogens is 553 g/mol. The highest BCUT2D eigenvalue weighted by Crippen LogP contribution is 2.28. The normalized spacial score (nSPS) is 14.7. The standard InChI is InChI=1S/C23H20Cl3N3O4S2/c24-16-6-4-15(5-7-16)22(30)27-14-17-8-9-20(34-17)35(32,33)29-12-10-28(11-13-29)23(31)21-18(25)2-1-3-19(21)26/h1-9H,10-14H2,(H,27,30). The fraction of sp³-hybridized carbons (Fsp3) is 0.217. The summed E-state index contributed by atoms with van der Waals surface area (Å²) >= 11 is 19.2. The first-order valence-electron chi connectivity index (χ1n) is 10.5. The Morgan fingerprint density at radius 3 is 2.14 bits per heavy atom. The molecule has 4 rings (SSSR count). The van der Waals surface area contributed by atoms with Crippen LogP contribution in [0.15, 0.2) is 58.8 Å². The molecule has 1 aromatic heterocycles. The maximum atomic E-state index is 13.1. The van der Waals surface area contributed by atoms with Crippen LogP contribution < -0.4 is 5.32 Å². The molecule has 184 valence electrons. The molecule has 1 fully saturated rings. The molecule has 1 N–H and O–H groups in total. The van der Waals surface area contributed by atoms with E-state index in [9.17, 15) is 18.0 Å². The molecule has 35 heavy (non-hydrogen) atoms. The summed E-state index contributed by atoms with van der Waals surface area (Å²) in [5.74, 6) is -0.605. The lowest BCUT2D eigenvalue weighted by Gasteiger charge is -2.34. The van der Waals surface area contributed by atoms with Crippen molar-refractivity contribution in [3.05, 3.63) is 85.7 Å². The molecule has 12 heteroatoms. The largest absolute Gasteiger partial charge is 0.347 e. The second-order valence-electron chi connectivity index (χ2n) is 7.70. The van der Waals surface area contributed by atoms with Crippen LogP contribution in [0, 0.1) is 0 Å². The van der Waals surface area contributed by atoms with Crippen LogP contribution in [0.5, 0.6) is 0 Å². The number of nitrogens with zero attached hydrogens (tertiary/aromatic N) is 2. The van der Waals surface area contributed by atoms with Gasteiger partial charge < -0.3 is 10.2 Å². The van der Waals surface area contributed by atoms with Gasteiger partial charge in [-0.1, -0.05) is 40.9 Å². The van der Waals surface area contributed by atoms with Crippen LogP contribution in [0.25, 0.3) is 0 Å². The van der Waals surface area contributed by atoms with E-state index in [0.29, 0.717) is 15.5 Å². The zero-order valence-electron chi connectivity index (χ0n) is 18.2. The average Bonchev–Trinajstić information content (AvgIpc) is 3.33.